The zero-order valence-corrected chi connectivity index (χ0v) is 15.2. The lowest BCUT2D eigenvalue weighted by Gasteiger charge is -2.12. The first-order valence-electron chi connectivity index (χ1n) is 7.42. The summed E-state index contributed by atoms with van der Waals surface area (Å²) < 4.78 is 1.70. The molecule has 1 amide bonds. The molecule has 2 rings (SSSR count). The van der Waals surface area contributed by atoms with Crippen LogP contribution in [0.5, 0.6) is 0 Å². The van der Waals surface area contributed by atoms with Crippen LogP contribution in [0.4, 0.5) is 11.5 Å². The molecule has 1 atom stereocenters. The highest BCUT2D eigenvalue weighted by molar-refractivity contribution is 8.00. The maximum absolute atomic E-state index is 12.5. The standard InChI is InChI=1S/C16H17N7OS/c1-8-13(9(2)23(4)22-8)20-15(24)10(3)25-16-12(7-18)5-11(6-17)14(19)21-16/h5,10H,1-4H3,(H2,19,21)(H,20,24)/p+1/t10-/m0/s1. The number of rotatable bonds is 4. The number of H-pyrrole nitrogens is 1. The van der Waals surface area contributed by atoms with Crippen molar-refractivity contribution in [2.75, 3.05) is 11.1 Å². The summed E-state index contributed by atoms with van der Waals surface area (Å²) in [4.78, 5) is 15.3. The fourth-order valence-electron chi connectivity index (χ4n) is 2.22. The minimum absolute atomic E-state index is 0.163. The summed E-state index contributed by atoms with van der Waals surface area (Å²) in [6.07, 6.45) is 0. The first kappa shape index (κ1) is 18.3. The van der Waals surface area contributed by atoms with E-state index >= 15 is 0 Å². The summed E-state index contributed by atoms with van der Waals surface area (Å²) in [5, 5.41) is 25.3. The average molecular weight is 356 g/mol. The monoisotopic (exact) mass is 356 g/mol. The topological polar surface area (TPSA) is 135 Å². The van der Waals surface area contributed by atoms with E-state index in [1.807, 2.05) is 33.0 Å². The molecule has 0 saturated carbocycles. The van der Waals surface area contributed by atoms with Crippen molar-refractivity contribution in [2.24, 2.45) is 7.05 Å². The van der Waals surface area contributed by atoms with E-state index in [1.165, 1.54) is 17.8 Å². The van der Waals surface area contributed by atoms with Gasteiger partial charge in [0.1, 0.15) is 23.3 Å². The minimum atomic E-state index is -0.491. The molecule has 2 heterocycles. The molecule has 8 nitrogen and oxygen atoms in total. The van der Waals surface area contributed by atoms with E-state index in [-0.39, 0.29) is 22.9 Å². The van der Waals surface area contributed by atoms with Gasteiger partial charge < -0.3 is 5.32 Å². The summed E-state index contributed by atoms with van der Waals surface area (Å²) >= 11 is 1.17. The van der Waals surface area contributed by atoms with Gasteiger partial charge in [0, 0.05) is 7.05 Å². The van der Waals surface area contributed by atoms with Crippen LogP contribution >= 0.6 is 11.8 Å². The van der Waals surface area contributed by atoms with Crippen molar-refractivity contribution >= 4 is 29.2 Å². The van der Waals surface area contributed by atoms with E-state index < -0.39 is 5.25 Å². The number of nitrogens with two attached hydrogens (primary N) is 1. The number of hydrogen-bond donors (Lipinski definition) is 2. The number of thioether (sulfide) groups is 1. The molecule has 4 N–H and O–H groups in total. The molecule has 0 aromatic carbocycles. The maximum atomic E-state index is 12.5. The quantitative estimate of drug-likeness (QED) is 0.793. The second-order valence-electron chi connectivity index (χ2n) is 5.48. The van der Waals surface area contributed by atoms with Gasteiger partial charge in [-0.2, -0.15) is 15.6 Å². The van der Waals surface area contributed by atoms with E-state index in [0.717, 1.165) is 11.4 Å². The number of pyridine rings is 1. The molecule has 9 heteroatoms. The summed E-state index contributed by atoms with van der Waals surface area (Å²) in [5.74, 6) is -0.0556. The SMILES string of the molecule is Cc1nn(C)c(C)c1NC(=O)[C@H](C)Sc1[nH+]c(N)c(C#N)cc1C#N. The van der Waals surface area contributed by atoms with Gasteiger partial charge in [-0.3, -0.25) is 15.2 Å². The van der Waals surface area contributed by atoms with Gasteiger partial charge >= 0.3 is 0 Å². The first-order valence-corrected chi connectivity index (χ1v) is 8.30. The van der Waals surface area contributed by atoms with E-state index in [2.05, 4.69) is 15.4 Å². The fourth-order valence-corrected chi connectivity index (χ4v) is 3.14. The molecule has 128 valence electrons. The number of aryl methyl sites for hydroxylation is 2. The predicted octanol–water partition coefficient (Wildman–Crippen LogP) is 1.30. The van der Waals surface area contributed by atoms with Crippen molar-refractivity contribution < 1.29 is 9.78 Å². The Morgan fingerprint density at radius 3 is 2.56 bits per heavy atom. The van der Waals surface area contributed by atoms with Crippen molar-refractivity contribution in [3.05, 3.63) is 28.6 Å². The predicted molar refractivity (Wildman–Crippen MR) is 93.5 cm³/mol. The Bertz CT molecular complexity index is 920. The average Bonchev–Trinajstić information content (AvgIpc) is 2.81. The van der Waals surface area contributed by atoms with Gasteiger partial charge in [0.15, 0.2) is 5.03 Å². The van der Waals surface area contributed by atoms with E-state index in [9.17, 15) is 10.1 Å². The highest BCUT2D eigenvalue weighted by Crippen LogP contribution is 2.26. The first-order chi connectivity index (χ1) is 11.8. The Balaban J connectivity index is 2.21. The molecule has 0 spiro atoms. The van der Waals surface area contributed by atoms with Crippen molar-refractivity contribution in [3.63, 3.8) is 0 Å². The van der Waals surface area contributed by atoms with Crippen molar-refractivity contribution in [1.82, 2.24) is 9.78 Å². The van der Waals surface area contributed by atoms with E-state index in [4.69, 9.17) is 11.0 Å². The number of aromatic amines is 1. The third-order valence-electron chi connectivity index (χ3n) is 3.73. The number of amides is 1. The number of nitrogens with one attached hydrogen (secondary N) is 2. The van der Waals surface area contributed by atoms with Gasteiger partial charge in [-0.05, 0) is 26.8 Å². The Morgan fingerprint density at radius 2 is 2.04 bits per heavy atom. The number of hydrogen-bond acceptors (Lipinski definition) is 6. The third kappa shape index (κ3) is 3.73. The molecular formula is C16H18N7OS+. The van der Waals surface area contributed by atoms with E-state index in [1.54, 1.807) is 11.6 Å². The number of aromatic nitrogens is 3. The Labute approximate surface area is 149 Å². The number of nitriles is 2. The molecule has 0 aliphatic heterocycles. The normalized spacial score (nSPS) is 11.4. The smallest absolute Gasteiger partial charge is 0.289 e. The molecule has 0 bridgehead atoms. The van der Waals surface area contributed by atoms with Crippen LogP contribution in [0.25, 0.3) is 0 Å². The highest BCUT2D eigenvalue weighted by Gasteiger charge is 2.23. The Kier molecular flexibility index (Phi) is 5.30. The summed E-state index contributed by atoms with van der Waals surface area (Å²) in [6.45, 7) is 5.42. The van der Waals surface area contributed by atoms with Crippen LogP contribution in [0.2, 0.25) is 0 Å². The summed E-state index contributed by atoms with van der Waals surface area (Å²) in [7, 11) is 1.81. The van der Waals surface area contributed by atoms with Crippen molar-refractivity contribution in [3.8, 4) is 12.1 Å². The van der Waals surface area contributed by atoms with Gasteiger partial charge in [0.05, 0.1) is 22.3 Å². The lowest BCUT2D eigenvalue weighted by Crippen LogP contribution is -2.25. The molecule has 2 aromatic rings. The molecule has 25 heavy (non-hydrogen) atoms. The zero-order valence-electron chi connectivity index (χ0n) is 14.3. The van der Waals surface area contributed by atoms with Gasteiger partial charge in [0.25, 0.3) is 5.82 Å². The fraction of sp³-hybridized carbons (Fsp3) is 0.312. The van der Waals surface area contributed by atoms with Crippen LogP contribution in [0, 0.1) is 36.5 Å². The van der Waals surface area contributed by atoms with Crippen molar-refractivity contribution in [2.45, 2.75) is 31.0 Å². The van der Waals surface area contributed by atoms with Gasteiger partial charge in [-0.25, -0.2) is 4.98 Å². The molecule has 2 aromatic heterocycles. The number of carbonyl (C=O) groups is 1. The molecule has 0 fully saturated rings. The summed E-state index contributed by atoms with van der Waals surface area (Å²) in [6, 6.07) is 5.34. The van der Waals surface area contributed by atoms with Crippen LogP contribution < -0.4 is 16.0 Å². The second-order valence-corrected chi connectivity index (χ2v) is 6.83. The molecule has 0 aliphatic carbocycles. The molecular weight excluding hydrogens is 338 g/mol. The molecule has 0 unspecified atom stereocenters. The number of carbonyl (C=O) groups excluding carboxylic acids is 1. The summed E-state index contributed by atoms with van der Waals surface area (Å²) in [5.41, 5.74) is 8.50. The van der Waals surface area contributed by atoms with Crippen LogP contribution in [0.1, 0.15) is 29.4 Å². The van der Waals surface area contributed by atoms with Crippen molar-refractivity contribution in [1.29, 1.82) is 10.5 Å². The second kappa shape index (κ2) is 7.24. The lowest BCUT2D eigenvalue weighted by molar-refractivity contribution is -0.410. The largest absolute Gasteiger partial charge is 0.322 e. The minimum Gasteiger partial charge on any atom is -0.322 e. The maximum Gasteiger partial charge on any atom is 0.289 e. The van der Waals surface area contributed by atoms with Crippen LogP contribution in [-0.4, -0.2) is 20.9 Å². The number of nitrogen functional groups attached to an aromatic ring is 1. The lowest BCUT2D eigenvalue weighted by atomic mass is 10.2. The molecule has 0 aliphatic rings. The molecule has 0 saturated heterocycles. The van der Waals surface area contributed by atoms with Gasteiger partial charge in [-0.1, -0.05) is 11.8 Å². The third-order valence-corrected chi connectivity index (χ3v) is 4.86. The van der Waals surface area contributed by atoms with Crippen LogP contribution in [-0.2, 0) is 11.8 Å². The zero-order chi connectivity index (χ0) is 18.7. The van der Waals surface area contributed by atoms with Gasteiger partial charge in [0.2, 0.25) is 5.91 Å². The van der Waals surface area contributed by atoms with E-state index in [0.29, 0.717) is 10.7 Å². The number of nitrogens with zero attached hydrogens (tertiary/aromatic N) is 4. The Morgan fingerprint density at radius 1 is 1.40 bits per heavy atom. The van der Waals surface area contributed by atoms with Gasteiger partial charge in [-0.15, -0.1) is 0 Å². The number of anilines is 2. The molecule has 0 radical (unpaired) electrons. The highest BCUT2D eigenvalue weighted by atomic mass is 32.2. The van der Waals surface area contributed by atoms with Crippen LogP contribution in [0.3, 0.4) is 0 Å². The van der Waals surface area contributed by atoms with Crippen LogP contribution in [0.15, 0.2) is 11.1 Å². The Hall–Kier alpha value is -3.04.